The number of piperidine rings is 1. The Morgan fingerprint density at radius 3 is 2.52 bits per heavy atom. The van der Waals surface area contributed by atoms with Crippen LogP contribution in [0.25, 0.3) is 0 Å². The van der Waals surface area contributed by atoms with Crippen LogP contribution in [-0.2, 0) is 0 Å². The Kier molecular flexibility index (Phi) is 4.82. The molecule has 0 unspecified atom stereocenters. The Labute approximate surface area is 141 Å². The number of benzene rings is 1. The number of pyridine rings is 1. The van der Waals surface area contributed by atoms with Crippen molar-refractivity contribution >= 4 is 23.6 Å². The highest BCUT2D eigenvalue weighted by Crippen LogP contribution is 2.25. The van der Waals surface area contributed by atoms with Gasteiger partial charge in [-0.2, -0.15) is 0 Å². The molecule has 0 saturated carbocycles. The number of carbonyl (C=O) groups is 1. The van der Waals surface area contributed by atoms with Crippen molar-refractivity contribution in [3.63, 3.8) is 0 Å². The predicted molar refractivity (Wildman–Crippen MR) is 91.7 cm³/mol. The molecule has 0 radical (unpaired) electrons. The van der Waals surface area contributed by atoms with Crippen molar-refractivity contribution in [3.05, 3.63) is 52.8 Å². The minimum Gasteiger partial charge on any atom is -0.490 e. The second-order valence-electron chi connectivity index (χ2n) is 5.73. The number of aldehydes is 1. The molecule has 0 atom stereocenters. The zero-order valence-corrected chi connectivity index (χ0v) is 13.8. The van der Waals surface area contributed by atoms with Gasteiger partial charge in [0.2, 0.25) is 0 Å². The fourth-order valence-electron chi connectivity index (χ4n) is 2.84. The van der Waals surface area contributed by atoms with Crippen molar-refractivity contribution in [2.75, 3.05) is 18.0 Å². The van der Waals surface area contributed by atoms with E-state index in [0.29, 0.717) is 10.7 Å². The van der Waals surface area contributed by atoms with Crippen LogP contribution in [0.3, 0.4) is 0 Å². The molecule has 2 aromatic rings. The summed E-state index contributed by atoms with van der Waals surface area (Å²) in [4.78, 5) is 17.7. The maximum Gasteiger partial charge on any atom is 0.170 e. The summed E-state index contributed by atoms with van der Waals surface area (Å²) in [5.74, 6) is 0.846. The summed E-state index contributed by atoms with van der Waals surface area (Å²) >= 11 is 5.88. The van der Waals surface area contributed by atoms with E-state index in [1.54, 1.807) is 0 Å². The zero-order valence-electron chi connectivity index (χ0n) is 13.0. The maximum absolute atomic E-state index is 11.2. The van der Waals surface area contributed by atoms with Gasteiger partial charge in [-0.15, -0.1) is 0 Å². The fraction of sp³-hybridized carbons (Fsp3) is 0.333. The van der Waals surface area contributed by atoms with E-state index in [1.807, 2.05) is 43.3 Å². The number of rotatable bonds is 4. The van der Waals surface area contributed by atoms with Crippen LogP contribution in [0.4, 0.5) is 5.69 Å². The minimum absolute atomic E-state index is 0.186. The van der Waals surface area contributed by atoms with Gasteiger partial charge in [-0.3, -0.25) is 4.79 Å². The van der Waals surface area contributed by atoms with Gasteiger partial charge in [-0.05, 0) is 43.3 Å². The van der Waals surface area contributed by atoms with Crippen molar-refractivity contribution < 1.29 is 9.53 Å². The van der Waals surface area contributed by atoms with Crippen LogP contribution in [-0.4, -0.2) is 30.5 Å². The number of hydrogen-bond donors (Lipinski definition) is 0. The summed E-state index contributed by atoms with van der Waals surface area (Å²) in [6, 6.07) is 11.4. The molecular formula is C18H19ClN2O2. The lowest BCUT2D eigenvalue weighted by atomic mass is 10.1. The van der Waals surface area contributed by atoms with Crippen LogP contribution in [0.15, 0.2) is 36.4 Å². The molecule has 1 aliphatic rings. The number of ether oxygens (including phenoxy) is 1. The molecule has 0 bridgehead atoms. The standard InChI is InChI=1S/C18H19ClN2O2/c1-13-2-7-18(17(12-22)20-13)21-10-8-16(9-11-21)23-15-5-3-14(19)4-6-15/h2-7,12,16H,8-11H2,1H3. The molecule has 0 aliphatic carbocycles. The summed E-state index contributed by atoms with van der Waals surface area (Å²) in [6.45, 7) is 3.59. The lowest BCUT2D eigenvalue weighted by molar-refractivity contribution is 0.111. The molecule has 1 aliphatic heterocycles. The molecule has 0 amide bonds. The van der Waals surface area contributed by atoms with Gasteiger partial charge in [0.15, 0.2) is 6.29 Å². The third kappa shape index (κ3) is 3.82. The fourth-order valence-corrected chi connectivity index (χ4v) is 2.97. The van der Waals surface area contributed by atoms with E-state index in [0.717, 1.165) is 49.3 Å². The van der Waals surface area contributed by atoms with Gasteiger partial charge in [-0.25, -0.2) is 4.98 Å². The second kappa shape index (κ2) is 7.01. The third-order valence-electron chi connectivity index (χ3n) is 4.05. The van der Waals surface area contributed by atoms with Gasteiger partial charge < -0.3 is 9.64 Å². The smallest absolute Gasteiger partial charge is 0.170 e. The third-order valence-corrected chi connectivity index (χ3v) is 4.30. The Balaban J connectivity index is 1.62. The monoisotopic (exact) mass is 330 g/mol. The van der Waals surface area contributed by atoms with Gasteiger partial charge in [0.05, 0.1) is 5.69 Å². The highest BCUT2D eigenvalue weighted by Gasteiger charge is 2.22. The number of carbonyl (C=O) groups excluding carboxylic acids is 1. The van der Waals surface area contributed by atoms with Gasteiger partial charge >= 0.3 is 0 Å². The molecule has 0 spiro atoms. The normalized spacial score (nSPS) is 15.5. The molecule has 1 aromatic carbocycles. The van der Waals surface area contributed by atoms with Gasteiger partial charge in [0.25, 0.3) is 0 Å². The minimum atomic E-state index is 0.186. The van der Waals surface area contributed by atoms with E-state index >= 15 is 0 Å². The second-order valence-corrected chi connectivity index (χ2v) is 6.17. The number of hydrogen-bond acceptors (Lipinski definition) is 4. The van der Waals surface area contributed by atoms with Crippen molar-refractivity contribution in [1.82, 2.24) is 4.98 Å². The van der Waals surface area contributed by atoms with Crippen LogP contribution in [0.1, 0.15) is 29.0 Å². The van der Waals surface area contributed by atoms with E-state index in [4.69, 9.17) is 16.3 Å². The summed E-state index contributed by atoms with van der Waals surface area (Å²) < 4.78 is 6.00. The molecule has 2 heterocycles. The van der Waals surface area contributed by atoms with Crippen molar-refractivity contribution in [2.24, 2.45) is 0 Å². The zero-order chi connectivity index (χ0) is 16.2. The Bertz CT molecular complexity index is 680. The summed E-state index contributed by atoms with van der Waals surface area (Å²) in [7, 11) is 0. The van der Waals surface area contributed by atoms with Gasteiger partial charge in [0, 0.05) is 36.6 Å². The predicted octanol–water partition coefficient (Wildman–Crippen LogP) is 3.90. The molecule has 3 rings (SSSR count). The first-order chi connectivity index (χ1) is 11.2. The molecular weight excluding hydrogens is 312 g/mol. The van der Waals surface area contributed by atoms with Crippen LogP contribution >= 0.6 is 11.6 Å². The van der Waals surface area contributed by atoms with E-state index in [2.05, 4.69) is 9.88 Å². The quantitative estimate of drug-likeness (QED) is 0.797. The lowest BCUT2D eigenvalue weighted by Gasteiger charge is -2.34. The number of aryl methyl sites for hydroxylation is 1. The molecule has 120 valence electrons. The Morgan fingerprint density at radius 1 is 1.17 bits per heavy atom. The molecule has 1 saturated heterocycles. The number of halogens is 1. The van der Waals surface area contributed by atoms with E-state index < -0.39 is 0 Å². The number of anilines is 1. The molecule has 1 aromatic heterocycles. The topological polar surface area (TPSA) is 42.4 Å². The molecule has 0 N–H and O–H groups in total. The van der Waals surface area contributed by atoms with E-state index in [9.17, 15) is 4.79 Å². The van der Waals surface area contributed by atoms with Gasteiger partial charge in [-0.1, -0.05) is 11.6 Å². The SMILES string of the molecule is Cc1ccc(N2CCC(Oc3ccc(Cl)cc3)CC2)c(C=O)n1. The summed E-state index contributed by atoms with van der Waals surface area (Å²) in [5.41, 5.74) is 2.29. The largest absolute Gasteiger partial charge is 0.490 e. The molecule has 1 fully saturated rings. The van der Waals surface area contributed by atoms with Crippen LogP contribution < -0.4 is 9.64 Å². The molecule has 4 nitrogen and oxygen atoms in total. The highest BCUT2D eigenvalue weighted by molar-refractivity contribution is 6.30. The summed E-state index contributed by atoms with van der Waals surface area (Å²) in [5, 5.41) is 0.709. The van der Waals surface area contributed by atoms with Crippen molar-refractivity contribution in [2.45, 2.75) is 25.9 Å². The van der Waals surface area contributed by atoms with Crippen molar-refractivity contribution in [1.29, 1.82) is 0 Å². The average molecular weight is 331 g/mol. The Morgan fingerprint density at radius 2 is 1.87 bits per heavy atom. The lowest BCUT2D eigenvalue weighted by Crippen LogP contribution is -2.38. The molecule has 23 heavy (non-hydrogen) atoms. The highest BCUT2D eigenvalue weighted by atomic mass is 35.5. The van der Waals surface area contributed by atoms with Crippen LogP contribution in [0, 0.1) is 6.92 Å². The van der Waals surface area contributed by atoms with Crippen molar-refractivity contribution in [3.8, 4) is 5.75 Å². The average Bonchev–Trinajstić information content (AvgIpc) is 2.58. The molecule has 5 heteroatoms. The van der Waals surface area contributed by atoms with E-state index in [-0.39, 0.29) is 6.10 Å². The van der Waals surface area contributed by atoms with Gasteiger partial charge in [0.1, 0.15) is 17.5 Å². The first kappa shape index (κ1) is 15.8. The van der Waals surface area contributed by atoms with Crippen LogP contribution in [0.5, 0.6) is 5.75 Å². The number of nitrogens with zero attached hydrogens (tertiary/aromatic N) is 2. The Hall–Kier alpha value is -2.07. The first-order valence-corrected chi connectivity index (χ1v) is 8.13. The van der Waals surface area contributed by atoms with E-state index in [1.165, 1.54) is 0 Å². The first-order valence-electron chi connectivity index (χ1n) is 7.76. The number of aromatic nitrogens is 1. The maximum atomic E-state index is 11.2. The summed E-state index contributed by atoms with van der Waals surface area (Å²) in [6.07, 6.45) is 2.84. The van der Waals surface area contributed by atoms with Crippen LogP contribution in [0.2, 0.25) is 5.02 Å².